The lowest BCUT2D eigenvalue weighted by atomic mass is 9.96. The molecule has 5 rings (SSSR count). The molecule has 0 aliphatic carbocycles. The Balaban J connectivity index is 1.23. The van der Waals surface area contributed by atoms with Crippen molar-refractivity contribution >= 4 is 5.95 Å². The second-order valence-corrected chi connectivity index (χ2v) is 7.20. The maximum absolute atomic E-state index is 5.65. The Morgan fingerprint density at radius 2 is 1.83 bits per heavy atom. The van der Waals surface area contributed by atoms with Crippen molar-refractivity contribution in [3.63, 3.8) is 0 Å². The van der Waals surface area contributed by atoms with Crippen LogP contribution in [-0.4, -0.2) is 53.2 Å². The number of aromatic nitrogens is 8. The molecule has 0 spiro atoms. The van der Waals surface area contributed by atoms with E-state index in [1.165, 1.54) is 0 Å². The maximum Gasteiger partial charge on any atom is 0.321 e. The van der Waals surface area contributed by atoms with Crippen molar-refractivity contribution in [3.8, 4) is 23.0 Å². The predicted molar refractivity (Wildman–Crippen MR) is 109 cm³/mol. The first-order valence-electron chi connectivity index (χ1n) is 9.84. The van der Waals surface area contributed by atoms with E-state index < -0.39 is 0 Å². The average Bonchev–Trinajstić information content (AvgIpc) is 3.45. The molecule has 4 aromatic rings. The van der Waals surface area contributed by atoms with Crippen LogP contribution in [0.4, 0.5) is 5.95 Å². The third-order valence-corrected chi connectivity index (χ3v) is 5.24. The van der Waals surface area contributed by atoms with E-state index in [1.807, 2.05) is 43.6 Å². The number of anilines is 1. The summed E-state index contributed by atoms with van der Waals surface area (Å²) >= 11 is 0. The molecule has 0 bridgehead atoms. The average molecular weight is 403 g/mol. The highest BCUT2D eigenvalue weighted by molar-refractivity contribution is 5.56. The van der Waals surface area contributed by atoms with Crippen LogP contribution in [0.15, 0.2) is 48.9 Å². The van der Waals surface area contributed by atoms with Crippen LogP contribution in [0.1, 0.15) is 24.6 Å². The molecule has 0 atom stereocenters. The molecule has 30 heavy (non-hydrogen) atoms. The van der Waals surface area contributed by atoms with E-state index >= 15 is 0 Å². The number of ether oxygens (including phenoxy) is 1. The van der Waals surface area contributed by atoms with Crippen LogP contribution in [-0.2, 0) is 7.05 Å². The second-order valence-electron chi connectivity index (χ2n) is 7.20. The fraction of sp³-hybridized carbons (Fsp3) is 0.300. The Morgan fingerprint density at radius 3 is 2.53 bits per heavy atom. The molecule has 1 aliphatic rings. The minimum atomic E-state index is 0.311. The van der Waals surface area contributed by atoms with E-state index in [-0.39, 0.29) is 0 Å². The Labute approximate surface area is 173 Å². The molecule has 0 saturated carbocycles. The van der Waals surface area contributed by atoms with Gasteiger partial charge in [0.2, 0.25) is 5.95 Å². The van der Waals surface area contributed by atoms with Gasteiger partial charge in [-0.3, -0.25) is 0 Å². The highest BCUT2D eigenvalue weighted by atomic mass is 16.5. The quantitative estimate of drug-likeness (QED) is 0.541. The van der Waals surface area contributed by atoms with Crippen molar-refractivity contribution in [2.45, 2.75) is 18.8 Å². The molecule has 4 heterocycles. The van der Waals surface area contributed by atoms with Gasteiger partial charge in [0.15, 0.2) is 0 Å². The van der Waals surface area contributed by atoms with Gasteiger partial charge in [0.05, 0.1) is 5.69 Å². The number of H-pyrrole nitrogens is 1. The number of hydrogen-bond acceptors (Lipinski definition) is 8. The smallest absolute Gasteiger partial charge is 0.321 e. The van der Waals surface area contributed by atoms with E-state index in [4.69, 9.17) is 9.72 Å². The predicted octanol–water partition coefficient (Wildman–Crippen LogP) is 2.57. The van der Waals surface area contributed by atoms with Crippen LogP contribution in [0.2, 0.25) is 0 Å². The second kappa shape index (κ2) is 7.90. The van der Waals surface area contributed by atoms with Gasteiger partial charge in [0.1, 0.15) is 11.6 Å². The van der Waals surface area contributed by atoms with Crippen molar-refractivity contribution < 1.29 is 4.74 Å². The summed E-state index contributed by atoms with van der Waals surface area (Å²) < 4.78 is 7.35. The standard InChI is InChI=1S/C20H21N9O/c1-28-20(25-26-27-28)29-9-7-14(8-10-29)18-21-13-17(24-18)15-11-22-19(23-12-15)30-16-5-3-2-4-6-16/h2-6,11-14H,7-10H2,1H3,(H,21,24). The Morgan fingerprint density at radius 1 is 1.07 bits per heavy atom. The number of nitrogens with zero attached hydrogens (tertiary/aromatic N) is 8. The van der Waals surface area contributed by atoms with E-state index in [1.54, 1.807) is 17.1 Å². The van der Waals surface area contributed by atoms with Gasteiger partial charge in [0.25, 0.3) is 0 Å². The molecule has 1 fully saturated rings. The SMILES string of the molecule is Cn1nnnc1N1CCC(c2nc(-c3cnc(Oc4ccccc4)nc3)c[nH]2)CC1. The van der Waals surface area contributed by atoms with Gasteiger partial charge in [-0.25, -0.2) is 19.6 Å². The number of benzene rings is 1. The molecule has 1 aromatic carbocycles. The zero-order chi connectivity index (χ0) is 20.3. The van der Waals surface area contributed by atoms with Gasteiger partial charge >= 0.3 is 6.01 Å². The van der Waals surface area contributed by atoms with E-state index in [0.717, 1.165) is 49.0 Å². The van der Waals surface area contributed by atoms with Gasteiger partial charge in [-0.2, -0.15) is 0 Å². The molecule has 1 saturated heterocycles. The van der Waals surface area contributed by atoms with Crippen LogP contribution >= 0.6 is 0 Å². The summed E-state index contributed by atoms with van der Waals surface area (Å²) in [5, 5.41) is 11.7. The van der Waals surface area contributed by atoms with Crippen LogP contribution in [0.3, 0.4) is 0 Å². The van der Waals surface area contributed by atoms with Crippen LogP contribution < -0.4 is 9.64 Å². The molecule has 1 aliphatic heterocycles. The summed E-state index contributed by atoms with van der Waals surface area (Å²) in [5.74, 6) is 2.88. The van der Waals surface area contributed by atoms with Crippen LogP contribution in [0.25, 0.3) is 11.3 Å². The largest absolute Gasteiger partial charge is 0.424 e. The highest BCUT2D eigenvalue weighted by Crippen LogP contribution is 2.29. The lowest BCUT2D eigenvalue weighted by molar-refractivity contribution is 0.442. The molecule has 10 heteroatoms. The van der Waals surface area contributed by atoms with Crippen LogP contribution in [0.5, 0.6) is 11.8 Å². The lowest BCUT2D eigenvalue weighted by Gasteiger charge is -2.30. The van der Waals surface area contributed by atoms with Crippen molar-refractivity contribution in [1.29, 1.82) is 0 Å². The van der Waals surface area contributed by atoms with Crippen molar-refractivity contribution in [1.82, 2.24) is 40.1 Å². The molecular formula is C20H21N9O. The fourth-order valence-corrected chi connectivity index (χ4v) is 3.63. The number of piperidine rings is 1. The lowest BCUT2D eigenvalue weighted by Crippen LogP contribution is -2.35. The van der Waals surface area contributed by atoms with Gasteiger partial charge in [0, 0.05) is 50.2 Å². The number of aromatic amines is 1. The van der Waals surface area contributed by atoms with Gasteiger partial charge in [-0.1, -0.05) is 23.3 Å². The van der Waals surface area contributed by atoms with Gasteiger partial charge in [-0.05, 0) is 35.4 Å². The Hall–Kier alpha value is -3.82. The van der Waals surface area contributed by atoms with Crippen molar-refractivity contribution in [2.75, 3.05) is 18.0 Å². The normalized spacial score (nSPS) is 14.8. The summed E-state index contributed by atoms with van der Waals surface area (Å²) in [6.45, 7) is 1.78. The fourth-order valence-electron chi connectivity index (χ4n) is 3.63. The molecule has 10 nitrogen and oxygen atoms in total. The third-order valence-electron chi connectivity index (χ3n) is 5.24. The monoisotopic (exact) mass is 403 g/mol. The van der Waals surface area contributed by atoms with Gasteiger partial charge in [-0.15, -0.1) is 0 Å². The van der Waals surface area contributed by atoms with Gasteiger partial charge < -0.3 is 14.6 Å². The number of para-hydroxylation sites is 1. The summed E-state index contributed by atoms with van der Waals surface area (Å²) in [6.07, 6.45) is 7.34. The zero-order valence-corrected chi connectivity index (χ0v) is 16.5. The zero-order valence-electron chi connectivity index (χ0n) is 16.5. The Kier molecular flexibility index (Phi) is 4.80. The molecule has 1 N–H and O–H groups in total. The summed E-state index contributed by atoms with van der Waals surface area (Å²) in [6, 6.07) is 9.79. The number of rotatable bonds is 5. The molecule has 152 valence electrons. The first kappa shape index (κ1) is 18.2. The van der Waals surface area contributed by atoms with E-state index in [2.05, 4.69) is 35.4 Å². The summed E-state index contributed by atoms with van der Waals surface area (Å²) in [7, 11) is 1.86. The summed E-state index contributed by atoms with van der Waals surface area (Å²) in [5.41, 5.74) is 1.68. The first-order valence-corrected chi connectivity index (χ1v) is 9.84. The topological polar surface area (TPSA) is 111 Å². The van der Waals surface area contributed by atoms with Crippen molar-refractivity contribution in [3.05, 3.63) is 54.7 Å². The van der Waals surface area contributed by atoms with E-state index in [0.29, 0.717) is 17.7 Å². The minimum Gasteiger partial charge on any atom is -0.424 e. The number of nitrogens with one attached hydrogen (secondary N) is 1. The number of hydrogen-bond donors (Lipinski definition) is 1. The molecule has 0 unspecified atom stereocenters. The molecule has 3 aromatic heterocycles. The first-order chi connectivity index (χ1) is 14.8. The molecule has 0 amide bonds. The number of imidazole rings is 1. The maximum atomic E-state index is 5.65. The number of tetrazole rings is 1. The molecular weight excluding hydrogens is 382 g/mol. The molecule has 0 radical (unpaired) electrons. The Bertz CT molecular complexity index is 1100. The van der Waals surface area contributed by atoms with Crippen LogP contribution in [0, 0.1) is 0 Å². The summed E-state index contributed by atoms with van der Waals surface area (Å²) in [4.78, 5) is 18.9. The highest BCUT2D eigenvalue weighted by Gasteiger charge is 2.25. The minimum absolute atomic E-state index is 0.311. The third kappa shape index (κ3) is 3.71. The van der Waals surface area contributed by atoms with Crippen molar-refractivity contribution in [2.24, 2.45) is 7.05 Å². The number of aryl methyl sites for hydroxylation is 1. The van der Waals surface area contributed by atoms with E-state index in [9.17, 15) is 0 Å².